The number of nitrogens with zero attached hydrogens (tertiary/aromatic N) is 2. The molecule has 2 amide bonds. The second kappa shape index (κ2) is 18.5. The number of halogens is 4. The summed E-state index contributed by atoms with van der Waals surface area (Å²) >= 11 is 11.8. The number of hydrogen-bond acceptors (Lipinski definition) is 8. The van der Waals surface area contributed by atoms with E-state index in [-0.39, 0.29) is 50.6 Å². The molecule has 2 aromatic carbocycles. The van der Waals surface area contributed by atoms with Crippen LogP contribution in [0.5, 0.6) is 0 Å². The molecule has 0 aromatic heterocycles. The number of ether oxygens (including phenoxy) is 5. The largest absolute Gasteiger partial charge is 0.444 e. The summed E-state index contributed by atoms with van der Waals surface area (Å²) in [5, 5.41) is 10.6. The van der Waals surface area contributed by atoms with E-state index in [4.69, 9.17) is 42.1 Å². The highest BCUT2D eigenvalue weighted by molar-refractivity contribution is 6.30. The second-order valence-corrected chi connectivity index (χ2v) is 14.8. The molecule has 2 aliphatic heterocycles. The van der Waals surface area contributed by atoms with Crippen molar-refractivity contribution in [2.75, 3.05) is 39.5 Å². The minimum atomic E-state index is -2.87. The number of morpholine rings is 2. The van der Waals surface area contributed by atoms with Crippen LogP contribution < -0.4 is 0 Å². The summed E-state index contributed by atoms with van der Waals surface area (Å²) < 4.78 is 51.0. The first-order valence-electron chi connectivity index (χ1n) is 16.1. The number of alkyl halides is 2. The second-order valence-electron chi connectivity index (χ2n) is 13.9. The fourth-order valence-corrected chi connectivity index (χ4v) is 5.37. The van der Waals surface area contributed by atoms with Crippen LogP contribution in [0.3, 0.4) is 0 Å². The lowest BCUT2D eigenvalue weighted by Gasteiger charge is -2.40. The van der Waals surface area contributed by atoms with Crippen molar-refractivity contribution in [3.63, 3.8) is 0 Å². The Bertz CT molecular complexity index is 1320. The minimum Gasteiger partial charge on any atom is -0.444 e. The van der Waals surface area contributed by atoms with E-state index in [9.17, 15) is 23.5 Å². The first-order valence-corrected chi connectivity index (χ1v) is 16.9. The molecule has 0 spiro atoms. The number of aliphatic hydroxyl groups is 1. The van der Waals surface area contributed by atoms with E-state index in [2.05, 4.69) is 4.74 Å². The van der Waals surface area contributed by atoms with Crippen LogP contribution in [0.2, 0.25) is 10.0 Å². The van der Waals surface area contributed by atoms with E-state index in [0.29, 0.717) is 36.0 Å². The maximum Gasteiger partial charge on any atom is 0.410 e. The highest BCUT2D eigenvalue weighted by atomic mass is 35.5. The van der Waals surface area contributed by atoms with Gasteiger partial charge in [-0.2, -0.15) is 8.78 Å². The van der Waals surface area contributed by atoms with Crippen molar-refractivity contribution in [2.24, 2.45) is 0 Å². The SMILES string of the molecule is CC(C)(C)OC(=O)N1C[C@H](CO)OC[C@@H]1Cc1ccc(Cl)cc1.CC(C)(C)OC(=O)N1C[C@H](COC(F)F)OC[C@@H]1Cc1ccc(Cl)cc1. The smallest absolute Gasteiger partial charge is 0.410 e. The van der Waals surface area contributed by atoms with E-state index < -0.39 is 30.0 Å². The Hall–Kier alpha value is -2.74. The minimum absolute atomic E-state index is 0.118. The van der Waals surface area contributed by atoms with Crippen molar-refractivity contribution in [3.05, 3.63) is 69.7 Å². The molecule has 0 aliphatic carbocycles. The van der Waals surface area contributed by atoms with Crippen molar-refractivity contribution < 1.29 is 47.2 Å². The van der Waals surface area contributed by atoms with Gasteiger partial charge >= 0.3 is 18.8 Å². The van der Waals surface area contributed by atoms with Crippen LogP contribution in [-0.2, 0) is 36.5 Å². The van der Waals surface area contributed by atoms with Gasteiger partial charge in [0.2, 0.25) is 0 Å². The van der Waals surface area contributed by atoms with Crippen LogP contribution in [-0.4, -0.2) is 109 Å². The molecule has 0 unspecified atom stereocenters. The number of rotatable bonds is 8. The molecule has 2 fully saturated rings. The predicted octanol–water partition coefficient (Wildman–Crippen LogP) is 7.01. The van der Waals surface area contributed by atoms with Gasteiger partial charge in [-0.3, -0.25) is 9.80 Å². The van der Waals surface area contributed by atoms with Crippen LogP contribution in [0.15, 0.2) is 48.5 Å². The maximum absolute atomic E-state index is 12.6. The number of amides is 2. The fraction of sp³-hybridized carbons (Fsp3) is 0.600. The third-order valence-corrected chi connectivity index (χ3v) is 7.87. The van der Waals surface area contributed by atoms with Crippen LogP contribution in [0, 0.1) is 0 Å². The van der Waals surface area contributed by atoms with Gasteiger partial charge in [0.25, 0.3) is 0 Å². The molecule has 2 aliphatic rings. The summed E-state index contributed by atoms with van der Waals surface area (Å²) in [7, 11) is 0. The molecular formula is C35H48Cl2F2N2O8. The zero-order valence-corrected chi connectivity index (χ0v) is 30.4. The van der Waals surface area contributed by atoms with Crippen molar-refractivity contribution in [3.8, 4) is 0 Å². The number of hydrogen-bond donors (Lipinski definition) is 1. The standard InChI is InChI=1S/C18H24ClF2NO4.C17H24ClNO4/c1-18(2,3)26-17(23)22-9-15(11-25-16(20)21)24-10-14(22)8-12-4-6-13(19)7-5-12;1-17(2,3)23-16(21)19-9-15(10-20)22-11-14(19)8-12-4-6-13(18)7-5-12/h4-7,14-16H,8-11H2,1-3H3;4-7,14-15,20H,8-11H2,1-3H3/t2*14-,15+/m00/s1. The monoisotopic (exact) mass is 732 g/mol. The third kappa shape index (κ3) is 14.6. The average Bonchev–Trinajstić information content (AvgIpc) is 3.01. The lowest BCUT2D eigenvalue weighted by atomic mass is 10.0. The third-order valence-electron chi connectivity index (χ3n) is 7.37. The molecule has 2 saturated heterocycles. The molecule has 10 nitrogen and oxygen atoms in total. The van der Waals surface area contributed by atoms with Crippen LogP contribution in [0.1, 0.15) is 52.7 Å². The highest BCUT2D eigenvalue weighted by Crippen LogP contribution is 2.23. The van der Waals surface area contributed by atoms with Gasteiger partial charge in [-0.05, 0) is 89.8 Å². The van der Waals surface area contributed by atoms with E-state index >= 15 is 0 Å². The molecule has 4 rings (SSSR count). The molecule has 49 heavy (non-hydrogen) atoms. The molecule has 14 heteroatoms. The molecule has 0 bridgehead atoms. The Labute approximate surface area is 297 Å². The summed E-state index contributed by atoms with van der Waals surface area (Å²) in [6.07, 6.45) is -0.685. The molecule has 4 atom stereocenters. The Balaban J connectivity index is 0.000000267. The molecular weight excluding hydrogens is 685 g/mol. The van der Waals surface area contributed by atoms with E-state index in [1.54, 1.807) is 37.8 Å². The van der Waals surface area contributed by atoms with Crippen LogP contribution in [0.4, 0.5) is 18.4 Å². The van der Waals surface area contributed by atoms with Crippen molar-refractivity contribution in [2.45, 2.75) is 96.5 Å². The molecule has 0 saturated carbocycles. The van der Waals surface area contributed by atoms with Crippen molar-refractivity contribution >= 4 is 35.4 Å². The predicted molar refractivity (Wildman–Crippen MR) is 182 cm³/mol. The Morgan fingerprint density at radius 2 is 1.16 bits per heavy atom. The van der Waals surface area contributed by atoms with E-state index in [0.717, 1.165) is 11.1 Å². The Morgan fingerprint density at radius 1 is 0.776 bits per heavy atom. The van der Waals surface area contributed by atoms with Gasteiger partial charge in [-0.15, -0.1) is 0 Å². The van der Waals surface area contributed by atoms with Gasteiger partial charge < -0.3 is 28.8 Å². The molecule has 274 valence electrons. The average molecular weight is 734 g/mol. The Morgan fingerprint density at radius 3 is 1.53 bits per heavy atom. The van der Waals surface area contributed by atoms with Gasteiger partial charge in [0, 0.05) is 10.0 Å². The quantitative estimate of drug-likeness (QED) is 0.309. The normalized spacial score (nSPS) is 21.6. The summed E-state index contributed by atoms with van der Waals surface area (Å²) in [6, 6.07) is 14.4. The fourth-order valence-electron chi connectivity index (χ4n) is 5.12. The zero-order chi connectivity index (χ0) is 36.4. The number of aliphatic hydroxyl groups excluding tert-OH is 1. The van der Waals surface area contributed by atoms with Crippen LogP contribution >= 0.6 is 23.2 Å². The van der Waals surface area contributed by atoms with E-state index in [1.165, 1.54) is 4.90 Å². The summed E-state index contributed by atoms with van der Waals surface area (Å²) in [5.74, 6) is 0. The van der Waals surface area contributed by atoms with Crippen molar-refractivity contribution in [1.29, 1.82) is 0 Å². The molecule has 2 heterocycles. The van der Waals surface area contributed by atoms with E-state index in [1.807, 2.05) is 57.2 Å². The first-order chi connectivity index (χ1) is 22.9. The van der Waals surface area contributed by atoms with Gasteiger partial charge in [0.1, 0.15) is 11.2 Å². The van der Waals surface area contributed by atoms with Crippen molar-refractivity contribution in [1.82, 2.24) is 9.80 Å². The Kier molecular flexibility index (Phi) is 15.3. The first kappa shape index (κ1) is 40.7. The lowest BCUT2D eigenvalue weighted by Crippen LogP contribution is -2.55. The molecule has 2 aromatic rings. The van der Waals surface area contributed by atoms with Gasteiger partial charge in [0.05, 0.1) is 63.8 Å². The number of carbonyl (C=O) groups excluding carboxylic acids is 2. The number of benzene rings is 2. The zero-order valence-electron chi connectivity index (χ0n) is 28.9. The lowest BCUT2D eigenvalue weighted by molar-refractivity contribution is -0.169. The summed E-state index contributed by atoms with van der Waals surface area (Å²) in [6.45, 7) is 8.58. The van der Waals surface area contributed by atoms with Gasteiger partial charge in [-0.25, -0.2) is 9.59 Å². The van der Waals surface area contributed by atoms with Gasteiger partial charge in [0.15, 0.2) is 0 Å². The van der Waals surface area contributed by atoms with Crippen LogP contribution in [0.25, 0.3) is 0 Å². The summed E-state index contributed by atoms with van der Waals surface area (Å²) in [4.78, 5) is 28.3. The molecule has 1 N–H and O–H groups in total. The topological polar surface area (TPSA) is 107 Å². The summed E-state index contributed by atoms with van der Waals surface area (Å²) in [5.41, 5.74) is 0.835. The molecule has 0 radical (unpaired) electrons. The maximum atomic E-state index is 12.6. The number of carbonyl (C=O) groups is 2. The van der Waals surface area contributed by atoms with Gasteiger partial charge in [-0.1, -0.05) is 47.5 Å². The highest BCUT2D eigenvalue weighted by Gasteiger charge is 2.36.